The lowest BCUT2D eigenvalue weighted by atomic mass is 9.99. The van der Waals surface area contributed by atoms with Gasteiger partial charge < -0.3 is 0 Å². The molecule has 2 amide bonds. The summed E-state index contributed by atoms with van der Waals surface area (Å²) in [6.07, 6.45) is 4.42. The van der Waals surface area contributed by atoms with Gasteiger partial charge in [0.1, 0.15) is 0 Å². The first kappa shape index (κ1) is 15.2. The summed E-state index contributed by atoms with van der Waals surface area (Å²) in [5.41, 5.74) is 1.31. The van der Waals surface area contributed by atoms with Crippen molar-refractivity contribution in [2.24, 2.45) is 5.92 Å². The van der Waals surface area contributed by atoms with Crippen molar-refractivity contribution in [3.8, 4) is 0 Å². The van der Waals surface area contributed by atoms with E-state index in [-0.39, 0.29) is 11.8 Å². The molecule has 0 spiro atoms. The molecule has 0 N–H and O–H groups in total. The summed E-state index contributed by atoms with van der Waals surface area (Å²) in [5.74, 6) is 0.264. The first-order chi connectivity index (χ1) is 9.51. The topological polar surface area (TPSA) is 37.4 Å². The van der Waals surface area contributed by atoms with Crippen molar-refractivity contribution in [1.82, 2.24) is 4.90 Å². The maximum absolute atomic E-state index is 12.5. The zero-order valence-electron chi connectivity index (χ0n) is 12.8. The highest BCUT2D eigenvalue weighted by Gasteiger charge is 2.40. The molecular weight excluding hydrogens is 270 g/mol. The molecule has 1 aromatic heterocycles. The van der Waals surface area contributed by atoms with Gasteiger partial charge in [-0.05, 0) is 26.2 Å². The number of unbranched alkanes of at least 4 members (excludes halogenated alkanes) is 1. The number of hydrogen-bond donors (Lipinski definition) is 0. The minimum absolute atomic E-state index is 0.0817. The van der Waals surface area contributed by atoms with Gasteiger partial charge in [0.2, 0.25) is 0 Å². The highest BCUT2D eigenvalue weighted by Crippen LogP contribution is 2.35. The van der Waals surface area contributed by atoms with Crippen molar-refractivity contribution >= 4 is 23.2 Å². The molecule has 0 radical (unpaired) electrons. The Morgan fingerprint density at radius 3 is 2.05 bits per heavy atom. The molecule has 4 heteroatoms. The van der Waals surface area contributed by atoms with Gasteiger partial charge in [0.15, 0.2) is 0 Å². The number of thiophene rings is 1. The Hall–Kier alpha value is -1.16. The number of rotatable bonds is 6. The van der Waals surface area contributed by atoms with E-state index in [0.29, 0.717) is 23.6 Å². The van der Waals surface area contributed by atoms with Crippen molar-refractivity contribution in [2.75, 3.05) is 6.54 Å². The van der Waals surface area contributed by atoms with E-state index in [1.165, 1.54) is 4.90 Å². The third-order valence-corrected chi connectivity index (χ3v) is 5.18. The van der Waals surface area contributed by atoms with Crippen LogP contribution in [0.25, 0.3) is 0 Å². The van der Waals surface area contributed by atoms with Gasteiger partial charge in [-0.25, -0.2) is 0 Å². The molecule has 2 heterocycles. The van der Waals surface area contributed by atoms with Crippen molar-refractivity contribution in [3.05, 3.63) is 20.9 Å². The normalized spacial score (nSPS) is 15.9. The van der Waals surface area contributed by atoms with Crippen molar-refractivity contribution in [3.63, 3.8) is 0 Å². The van der Waals surface area contributed by atoms with Gasteiger partial charge in [-0.2, -0.15) is 0 Å². The number of fused-ring (bicyclic) bond motifs is 1. The predicted molar refractivity (Wildman–Crippen MR) is 82.5 cm³/mol. The Bertz CT molecular complexity index is 496. The summed E-state index contributed by atoms with van der Waals surface area (Å²) in [5, 5.41) is 0. The molecule has 0 aliphatic carbocycles. The van der Waals surface area contributed by atoms with Crippen LogP contribution >= 0.6 is 11.3 Å². The fourth-order valence-corrected chi connectivity index (χ4v) is 3.94. The van der Waals surface area contributed by atoms with Crippen molar-refractivity contribution in [2.45, 2.75) is 53.4 Å². The molecule has 0 bridgehead atoms. The molecule has 1 unspecified atom stereocenters. The molecule has 1 aliphatic heterocycles. The number of carbonyl (C=O) groups excluding carboxylic acids is 2. The van der Waals surface area contributed by atoms with Gasteiger partial charge in [0.25, 0.3) is 11.8 Å². The van der Waals surface area contributed by atoms with Gasteiger partial charge >= 0.3 is 0 Å². The number of carbonyl (C=O) groups is 2. The summed E-state index contributed by atoms with van der Waals surface area (Å²) in [6.45, 7) is 8.74. The number of aryl methyl sites for hydroxylation is 2. The van der Waals surface area contributed by atoms with E-state index in [2.05, 4.69) is 13.8 Å². The minimum atomic E-state index is -0.0817. The fourth-order valence-electron chi connectivity index (χ4n) is 2.90. The average Bonchev–Trinajstić information content (AvgIpc) is 2.84. The molecular formula is C16H23NO2S. The smallest absolute Gasteiger partial charge is 0.262 e. The fraction of sp³-hybridized carbons (Fsp3) is 0.625. The average molecular weight is 293 g/mol. The van der Waals surface area contributed by atoms with E-state index in [1.807, 2.05) is 13.8 Å². The van der Waals surface area contributed by atoms with Crippen LogP contribution in [0.3, 0.4) is 0 Å². The zero-order valence-corrected chi connectivity index (χ0v) is 13.6. The molecule has 20 heavy (non-hydrogen) atoms. The molecule has 1 aliphatic rings. The third kappa shape index (κ3) is 2.53. The summed E-state index contributed by atoms with van der Waals surface area (Å²) in [4.78, 5) is 28.4. The molecule has 0 saturated carbocycles. The number of nitrogens with zero attached hydrogens (tertiary/aromatic N) is 1. The number of amides is 2. The van der Waals surface area contributed by atoms with Gasteiger partial charge in [-0.15, -0.1) is 11.3 Å². The maximum atomic E-state index is 12.5. The van der Waals surface area contributed by atoms with E-state index in [9.17, 15) is 9.59 Å². The predicted octanol–water partition coefficient (Wildman–Crippen LogP) is 4.18. The first-order valence-corrected chi connectivity index (χ1v) is 8.29. The largest absolute Gasteiger partial charge is 0.274 e. The zero-order chi connectivity index (χ0) is 14.9. The monoisotopic (exact) mass is 293 g/mol. The van der Waals surface area contributed by atoms with E-state index >= 15 is 0 Å². The molecule has 0 aromatic carbocycles. The Morgan fingerprint density at radius 2 is 1.60 bits per heavy atom. The first-order valence-electron chi connectivity index (χ1n) is 7.47. The van der Waals surface area contributed by atoms with Crippen LogP contribution in [0.4, 0.5) is 0 Å². The van der Waals surface area contributed by atoms with Crippen LogP contribution in [0.15, 0.2) is 0 Å². The second-order valence-corrected chi connectivity index (χ2v) is 7.03. The van der Waals surface area contributed by atoms with Crippen LogP contribution in [-0.4, -0.2) is 23.3 Å². The lowest BCUT2D eigenvalue weighted by Crippen LogP contribution is -2.34. The summed E-state index contributed by atoms with van der Waals surface area (Å²) >= 11 is 1.55. The third-order valence-electron chi connectivity index (χ3n) is 4.16. The van der Waals surface area contributed by atoms with Gasteiger partial charge in [0.05, 0.1) is 11.1 Å². The second-order valence-electron chi connectivity index (χ2n) is 5.60. The Balaban J connectivity index is 2.18. The Labute approximate surface area is 125 Å². The van der Waals surface area contributed by atoms with E-state index < -0.39 is 0 Å². The molecule has 2 rings (SSSR count). The van der Waals surface area contributed by atoms with Gasteiger partial charge in [0, 0.05) is 16.3 Å². The molecule has 0 saturated heterocycles. The van der Waals surface area contributed by atoms with E-state index in [0.717, 1.165) is 35.4 Å². The minimum Gasteiger partial charge on any atom is -0.274 e. The molecule has 1 aromatic rings. The van der Waals surface area contributed by atoms with Gasteiger partial charge in [-0.3, -0.25) is 14.5 Å². The van der Waals surface area contributed by atoms with E-state index in [1.54, 1.807) is 11.3 Å². The number of imide groups is 1. The lowest BCUT2D eigenvalue weighted by Gasteiger charge is -2.21. The van der Waals surface area contributed by atoms with Crippen molar-refractivity contribution < 1.29 is 9.59 Å². The lowest BCUT2D eigenvalue weighted by molar-refractivity contribution is 0.0624. The van der Waals surface area contributed by atoms with Crippen LogP contribution < -0.4 is 0 Å². The molecule has 3 nitrogen and oxygen atoms in total. The van der Waals surface area contributed by atoms with Crippen LogP contribution in [0.5, 0.6) is 0 Å². The highest BCUT2D eigenvalue weighted by atomic mass is 32.1. The van der Waals surface area contributed by atoms with E-state index in [4.69, 9.17) is 0 Å². The standard InChI is InChI=1S/C16H23NO2S/c1-5-7-8-12(6-2)9-17-15(18)13-10(3)20-11(4)14(13)16(17)19/h12H,5-9H2,1-4H3. The molecule has 110 valence electrons. The maximum Gasteiger partial charge on any atom is 0.262 e. The quantitative estimate of drug-likeness (QED) is 0.738. The highest BCUT2D eigenvalue weighted by molar-refractivity contribution is 7.12. The number of hydrogen-bond acceptors (Lipinski definition) is 3. The molecule has 1 atom stereocenters. The summed E-state index contributed by atoms with van der Waals surface area (Å²) < 4.78 is 0. The van der Waals surface area contributed by atoms with Crippen LogP contribution in [0.2, 0.25) is 0 Å². The summed E-state index contributed by atoms with van der Waals surface area (Å²) in [6, 6.07) is 0. The molecule has 0 fully saturated rings. The van der Waals surface area contributed by atoms with Crippen LogP contribution in [-0.2, 0) is 0 Å². The second kappa shape index (κ2) is 6.08. The van der Waals surface area contributed by atoms with Gasteiger partial charge in [-0.1, -0.05) is 33.1 Å². The Kier molecular flexibility index (Phi) is 4.63. The SMILES string of the molecule is CCCCC(CC)CN1C(=O)c2c(C)sc(C)c2C1=O. The van der Waals surface area contributed by atoms with Crippen LogP contribution in [0.1, 0.15) is 70.0 Å². The van der Waals surface area contributed by atoms with Crippen molar-refractivity contribution in [1.29, 1.82) is 0 Å². The Morgan fingerprint density at radius 1 is 1.05 bits per heavy atom. The summed E-state index contributed by atoms with van der Waals surface area (Å²) in [7, 11) is 0. The van der Waals surface area contributed by atoms with Crippen LogP contribution in [0, 0.1) is 19.8 Å².